The van der Waals surface area contributed by atoms with Gasteiger partial charge >= 0.3 is 0 Å². The van der Waals surface area contributed by atoms with E-state index in [9.17, 15) is 0 Å². The molecule has 11 aromatic rings. The molecule has 0 bridgehead atoms. The minimum atomic E-state index is -1.96. The first kappa shape index (κ1) is 51.2. The minimum Gasteiger partial charge on any atom is -0.509 e. The van der Waals surface area contributed by atoms with Gasteiger partial charge in [-0.05, 0) is 113 Å². The molecule has 8 aromatic carbocycles. The van der Waals surface area contributed by atoms with Crippen molar-refractivity contribution in [1.29, 1.82) is 0 Å². The van der Waals surface area contributed by atoms with E-state index >= 15 is 0 Å². The van der Waals surface area contributed by atoms with Gasteiger partial charge in [-0.1, -0.05) is 212 Å². The Hall–Kier alpha value is -6.90. The number of fused-ring (bicyclic) bond motifs is 10. The summed E-state index contributed by atoms with van der Waals surface area (Å²) in [6, 6.07) is 68.3. The van der Waals surface area contributed by atoms with Gasteiger partial charge in [-0.15, -0.1) is 35.7 Å². The molecular weight excluding hydrogens is 1140 g/mol. The first-order valence-electron chi connectivity index (χ1n) is 26.4. The standard InChI is InChI=1S/C68H65N4OSi2.Pt/c1-67(2,3)45-33-34-69-64(38-45)72-61-29-18-17-25-57(61)58-32-31-48(42-63(58)72)73-49-39-47(40-51(41-49)75(10,11)12)70-43-71-65-52(44-35-46(68(4,5)6)37-50(36-44)74(7,8)9)26-19-27-59(65)55-23-15-13-21-53(55)54-22-14-16-24-56(54)60-28-20-30-62(70)66(60)71;/h13-38,40-41,43H,1-12H3;/q-3;. The fourth-order valence-electron chi connectivity index (χ4n) is 11.0. The molecule has 0 spiro atoms. The van der Waals surface area contributed by atoms with Crippen molar-refractivity contribution >= 4 is 103 Å². The van der Waals surface area contributed by atoms with E-state index in [2.05, 4.69) is 271 Å². The number of nitrogens with zero attached hydrogens (tertiary/aromatic N) is 4. The van der Waals surface area contributed by atoms with Gasteiger partial charge in [0.1, 0.15) is 5.82 Å². The second-order valence-corrected chi connectivity index (χ2v) is 34.8. The molecule has 12 rings (SSSR count). The molecule has 0 atom stereocenters. The van der Waals surface area contributed by atoms with E-state index < -0.39 is 16.1 Å². The molecule has 0 amide bonds. The molecule has 384 valence electrons. The van der Waals surface area contributed by atoms with E-state index in [4.69, 9.17) is 9.72 Å². The van der Waals surface area contributed by atoms with E-state index in [1.165, 1.54) is 64.9 Å². The van der Waals surface area contributed by atoms with Crippen LogP contribution in [0.15, 0.2) is 170 Å². The zero-order chi connectivity index (χ0) is 52.3. The molecule has 5 nitrogen and oxygen atoms in total. The van der Waals surface area contributed by atoms with Crippen molar-refractivity contribution in [2.45, 2.75) is 91.7 Å². The van der Waals surface area contributed by atoms with Crippen LogP contribution in [-0.4, -0.2) is 30.3 Å². The van der Waals surface area contributed by atoms with Crippen molar-refractivity contribution in [3.8, 4) is 28.4 Å². The maximum Gasteiger partial charge on any atom is 0.135 e. The molecule has 1 aliphatic rings. The second-order valence-electron chi connectivity index (χ2n) is 24.7. The van der Waals surface area contributed by atoms with E-state index in [0.717, 1.165) is 50.0 Å². The van der Waals surface area contributed by atoms with Gasteiger partial charge < -0.3 is 18.8 Å². The average molecular weight is 1210 g/mol. The fourth-order valence-corrected chi connectivity index (χ4v) is 13.4. The average Bonchev–Trinajstić information content (AvgIpc) is 3.94. The Kier molecular flexibility index (Phi) is 12.6. The van der Waals surface area contributed by atoms with Gasteiger partial charge in [0, 0.05) is 50.0 Å². The van der Waals surface area contributed by atoms with Gasteiger partial charge in [0.05, 0.1) is 16.1 Å². The summed E-state index contributed by atoms with van der Waals surface area (Å²) in [4.78, 5) is 7.29. The quantitative estimate of drug-likeness (QED) is 0.118. The molecule has 4 heterocycles. The summed E-state index contributed by atoms with van der Waals surface area (Å²) < 4.78 is 11.8. The Morgan fingerprint density at radius 2 is 1.08 bits per heavy atom. The summed E-state index contributed by atoms with van der Waals surface area (Å²) in [5.74, 6) is 2.13. The fraction of sp³-hybridized carbons (Fsp3) is 0.206. The number of benzene rings is 8. The van der Waals surface area contributed by atoms with Crippen molar-refractivity contribution < 1.29 is 25.8 Å². The summed E-state index contributed by atoms with van der Waals surface area (Å²) in [5.41, 5.74) is 11.2. The first-order valence-corrected chi connectivity index (χ1v) is 33.4. The predicted molar refractivity (Wildman–Crippen MR) is 325 cm³/mol. The molecule has 8 heteroatoms. The van der Waals surface area contributed by atoms with Gasteiger partial charge in [0.25, 0.3) is 0 Å². The van der Waals surface area contributed by atoms with Gasteiger partial charge in [-0.25, -0.2) is 4.98 Å². The Morgan fingerprint density at radius 3 is 1.72 bits per heavy atom. The molecule has 0 saturated carbocycles. The van der Waals surface area contributed by atoms with Crippen LogP contribution in [0.1, 0.15) is 52.7 Å². The summed E-state index contributed by atoms with van der Waals surface area (Å²) in [6.45, 7) is 30.7. The molecule has 1 aliphatic heterocycles. The SMILES string of the molecule is CC(C)(C)c1cc(-c2cccc3c4ccccc4c4ccccc4c4cccc5c4n(c23)[CH-]N5c2[c-]c(Oc3[c-]c4c(cc3)c3ccccc3n4-c3cc(C(C)(C)C)ccn3)cc([Si](C)(C)C)c2)cc([Si](C)(C)C)c1.[Pt]. The van der Waals surface area contributed by atoms with Crippen LogP contribution in [0.4, 0.5) is 11.4 Å². The number of aromatic nitrogens is 3. The smallest absolute Gasteiger partial charge is 0.135 e. The molecule has 0 unspecified atom stereocenters. The van der Waals surface area contributed by atoms with Crippen LogP contribution in [-0.2, 0) is 31.9 Å². The molecule has 0 radical (unpaired) electrons. The monoisotopic (exact) mass is 1200 g/mol. The van der Waals surface area contributed by atoms with Crippen LogP contribution in [0, 0.1) is 18.8 Å². The maximum atomic E-state index is 7.04. The Bertz CT molecular complexity index is 4170. The van der Waals surface area contributed by atoms with Crippen molar-refractivity contribution in [3.05, 3.63) is 200 Å². The van der Waals surface area contributed by atoms with Gasteiger partial charge in [0.2, 0.25) is 0 Å². The Labute approximate surface area is 464 Å². The third kappa shape index (κ3) is 8.94. The maximum absolute atomic E-state index is 7.04. The van der Waals surface area contributed by atoms with Crippen LogP contribution >= 0.6 is 0 Å². The minimum absolute atomic E-state index is 0. The number of para-hydroxylation sites is 3. The van der Waals surface area contributed by atoms with Gasteiger partial charge in [-0.3, -0.25) is 0 Å². The molecule has 0 N–H and O–H groups in total. The van der Waals surface area contributed by atoms with Gasteiger partial charge in [-0.2, -0.15) is 11.3 Å². The number of rotatable bonds is 7. The number of hydrogen-bond acceptors (Lipinski definition) is 3. The normalized spacial score (nSPS) is 13.0. The third-order valence-electron chi connectivity index (χ3n) is 15.3. The van der Waals surface area contributed by atoms with E-state index in [1.807, 2.05) is 12.3 Å². The van der Waals surface area contributed by atoms with Crippen LogP contribution in [0.2, 0.25) is 39.3 Å². The van der Waals surface area contributed by atoms with E-state index in [-0.39, 0.29) is 31.9 Å². The molecule has 0 fully saturated rings. The van der Waals surface area contributed by atoms with Crippen LogP contribution in [0.5, 0.6) is 11.5 Å². The summed E-state index contributed by atoms with van der Waals surface area (Å²) in [6.07, 6.45) is 1.92. The molecule has 0 aliphatic carbocycles. The topological polar surface area (TPSA) is 35.2 Å². The summed E-state index contributed by atoms with van der Waals surface area (Å²) in [7, 11) is -3.71. The Balaban J connectivity index is 0.00000616. The molecule has 76 heavy (non-hydrogen) atoms. The number of ether oxygens (including phenoxy) is 1. The van der Waals surface area contributed by atoms with E-state index in [0.29, 0.717) is 11.5 Å². The number of anilines is 2. The third-order valence-corrected chi connectivity index (χ3v) is 19.3. The summed E-state index contributed by atoms with van der Waals surface area (Å²) in [5, 5.41) is 12.2. The first-order chi connectivity index (χ1) is 35.7. The number of hydrogen-bond donors (Lipinski definition) is 0. The van der Waals surface area contributed by atoms with Crippen molar-refractivity contribution in [2.75, 3.05) is 4.90 Å². The van der Waals surface area contributed by atoms with E-state index in [1.54, 1.807) is 0 Å². The second kappa shape index (κ2) is 18.7. The van der Waals surface area contributed by atoms with Crippen LogP contribution in [0.25, 0.3) is 82.1 Å². The number of pyridine rings is 1. The van der Waals surface area contributed by atoms with Crippen molar-refractivity contribution in [2.24, 2.45) is 0 Å². The molecule has 0 saturated heterocycles. The zero-order valence-electron chi connectivity index (χ0n) is 45.8. The Morgan fingerprint density at radius 1 is 0.500 bits per heavy atom. The van der Waals surface area contributed by atoms with Crippen LogP contribution in [0.3, 0.4) is 0 Å². The largest absolute Gasteiger partial charge is 0.509 e. The predicted octanol–water partition coefficient (Wildman–Crippen LogP) is 17.6. The van der Waals surface area contributed by atoms with Gasteiger partial charge in [0.15, 0.2) is 0 Å². The molecular formula is C68H65N4OPtSi2-3. The zero-order valence-corrected chi connectivity index (χ0v) is 50.0. The van der Waals surface area contributed by atoms with Crippen molar-refractivity contribution in [1.82, 2.24) is 14.1 Å². The summed E-state index contributed by atoms with van der Waals surface area (Å²) >= 11 is 0. The molecule has 3 aromatic heterocycles. The van der Waals surface area contributed by atoms with Crippen LogP contribution < -0.4 is 20.0 Å². The van der Waals surface area contributed by atoms with Crippen molar-refractivity contribution in [3.63, 3.8) is 0 Å².